The van der Waals surface area contributed by atoms with Gasteiger partial charge in [0.05, 0.1) is 23.4 Å². The maximum absolute atomic E-state index is 13.5. The summed E-state index contributed by atoms with van der Waals surface area (Å²) in [6.45, 7) is 1.02. The van der Waals surface area contributed by atoms with Gasteiger partial charge in [-0.05, 0) is 43.4 Å². The Bertz CT molecular complexity index is 1070. The van der Waals surface area contributed by atoms with E-state index in [1.807, 2.05) is 0 Å². The van der Waals surface area contributed by atoms with E-state index in [-0.39, 0.29) is 35.8 Å². The molecule has 6 nitrogen and oxygen atoms in total. The summed E-state index contributed by atoms with van der Waals surface area (Å²) in [4.78, 5) is 39.0. The quantitative estimate of drug-likeness (QED) is 0.565. The van der Waals surface area contributed by atoms with Crippen molar-refractivity contribution in [1.82, 2.24) is 9.47 Å². The van der Waals surface area contributed by atoms with E-state index < -0.39 is 23.4 Å². The zero-order valence-electron chi connectivity index (χ0n) is 19.5. The summed E-state index contributed by atoms with van der Waals surface area (Å²) in [5.74, 6) is -1.09. The smallest absolute Gasteiger partial charge is 0.366 e. The minimum absolute atomic E-state index is 0.0412. The van der Waals surface area contributed by atoms with Crippen LogP contribution in [-0.2, 0) is 17.5 Å². The Morgan fingerprint density at radius 1 is 1.12 bits per heavy atom. The summed E-state index contributed by atoms with van der Waals surface area (Å²) in [6, 6.07) is 6.39. The molecule has 184 valence electrons. The van der Waals surface area contributed by atoms with Crippen LogP contribution >= 0.6 is 0 Å². The first kappa shape index (κ1) is 25.5. The highest BCUT2D eigenvalue weighted by molar-refractivity contribution is 6.02. The molecule has 0 bridgehead atoms. The number of aromatic nitrogens is 1. The van der Waals surface area contributed by atoms with Gasteiger partial charge < -0.3 is 15.2 Å². The molecule has 2 amide bonds. The summed E-state index contributed by atoms with van der Waals surface area (Å²) in [7, 11) is 1.54. The molecule has 0 atom stereocenters. The minimum atomic E-state index is -4.57. The van der Waals surface area contributed by atoms with Crippen LogP contribution in [0.4, 0.5) is 13.2 Å². The first-order valence-corrected chi connectivity index (χ1v) is 11.4. The van der Waals surface area contributed by atoms with Crippen LogP contribution in [0.2, 0.25) is 0 Å². The molecule has 1 saturated carbocycles. The minimum Gasteiger partial charge on any atom is -0.366 e. The Kier molecular flexibility index (Phi) is 7.84. The van der Waals surface area contributed by atoms with E-state index in [2.05, 4.69) is 0 Å². The van der Waals surface area contributed by atoms with Crippen molar-refractivity contribution in [2.45, 2.75) is 58.2 Å². The third-order valence-electron chi connectivity index (χ3n) is 6.56. The number of benzene rings is 1. The lowest BCUT2D eigenvalue weighted by molar-refractivity contribution is -0.138. The molecule has 1 aliphatic carbocycles. The van der Waals surface area contributed by atoms with E-state index >= 15 is 0 Å². The molecule has 1 aliphatic rings. The van der Waals surface area contributed by atoms with Gasteiger partial charge in [-0.15, -0.1) is 0 Å². The standard InChI is InChI=1S/C25H30F3N3O3/c1-16-19(24(29)34)13-21(31(16)14-18-10-6-7-11-20(18)25(26,27)28)22(32)15-30(2)23(33)12-17-8-4-3-5-9-17/h6-7,10-11,13,17H,3-5,8-9,12,14-15H2,1-2H3,(H2,29,34). The molecule has 2 aromatic rings. The Balaban J connectivity index is 1.85. The predicted molar refractivity (Wildman–Crippen MR) is 121 cm³/mol. The third kappa shape index (κ3) is 5.87. The highest BCUT2D eigenvalue weighted by Crippen LogP contribution is 2.33. The monoisotopic (exact) mass is 477 g/mol. The summed E-state index contributed by atoms with van der Waals surface area (Å²) < 4.78 is 41.9. The number of carbonyl (C=O) groups is 3. The van der Waals surface area contributed by atoms with Gasteiger partial charge in [-0.3, -0.25) is 14.4 Å². The molecular formula is C25H30F3N3O3. The van der Waals surface area contributed by atoms with E-state index in [1.165, 1.54) is 54.1 Å². The lowest BCUT2D eigenvalue weighted by Crippen LogP contribution is -2.34. The average molecular weight is 478 g/mol. The molecule has 0 radical (unpaired) electrons. The van der Waals surface area contributed by atoms with Gasteiger partial charge in [-0.1, -0.05) is 37.5 Å². The number of ketones is 1. The van der Waals surface area contributed by atoms with Gasteiger partial charge in [0.2, 0.25) is 5.91 Å². The van der Waals surface area contributed by atoms with Crippen molar-refractivity contribution in [3.63, 3.8) is 0 Å². The van der Waals surface area contributed by atoms with Gasteiger partial charge in [0, 0.05) is 25.7 Å². The molecule has 0 unspecified atom stereocenters. The Hall–Kier alpha value is -3.10. The van der Waals surface area contributed by atoms with Crippen LogP contribution in [0.5, 0.6) is 0 Å². The van der Waals surface area contributed by atoms with Crippen LogP contribution in [0.15, 0.2) is 30.3 Å². The highest BCUT2D eigenvalue weighted by atomic mass is 19.4. The first-order valence-electron chi connectivity index (χ1n) is 11.4. The normalized spacial score (nSPS) is 14.7. The van der Waals surface area contributed by atoms with E-state index in [1.54, 1.807) is 0 Å². The number of nitrogens with two attached hydrogens (primary N) is 1. The van der Waals surface area contributed by atoms with Gasteiger partial charge >= 0.3 is 6.18 Å². The fraction of sp³-hybridized carbons (Fsp3) is 0.480. The van der Waals surface area contributed by atoms with Crippen molar-refractivity contribution in [2.75, 3.05) is 13.6 Å². The van der Waals surface area contributed by atoms with Gasteiger partial charge in [0.15, 0.2) is 5.78 Å². The number of alkyl halides is 3. The fourth-order valence-corrected chi connectivity index (χ4v) is 4.61. The van der Waals surface area contributed by atoms with Crippen molar-refractivity contribution >= 4 is 17.6 Å². The predicted octanol–water partition coefficient (Wildman–Crippen LogP) is 4.57. The SMILES string of the molecule is Cc1c(C(N)=O)cc(C(=O)CN(C)C(=O)CC2CCCCC2)n1Cc1ccccc1C(F)(F)F. The second-order valence-corrected chi connectivity index (χ2v) is 9.02. The number of hydrogen-bond acceptors (Lipinski definition) is 3. The number of primary amides is 1. The zero-order valence-corrected chi connectivity index (χ0v) is 19.5. The number of nitrogens with zero attached hydrogens (tertiary/aromatic N) is 2. The molecule has 0 spiro atoms. The molecule has 9 heteroatoms. The van der Waals surface area contributed by atoms with Gasteiger partial charge in [-0.25, -0.2) is 0 Å². The fourth-order valence-electron chi connectivity index (χ4n) is 4.61. The average Bonchev–Trinajstić information content (AvgIpc) is 3.10. The Morgan fingerprint density at radius 2 is 1.76 bits per heavy atom. The van der Waals surface area contributed by atoms with Crippen molar-refractivity contribution in [1.29, 1.82) is 0 Å². The van der Waals surface area contributed by atoms with E-state index in [0.29, 0.717) is 18.0 Å². The summed E-state index contributed by atoms with van der Waals surface area (Å²) in [5, 5.41) is 0. The van der Waals surface area contributed by atoms with E-state index in [0.717, 1.165) is 31.7 Å². The number of rotatable bonds is 8. The number of Topliss-reactive ketones (excluding diaryl/α,β-unsaturated/α-hetero) is 1. The number of amides is 2. The number of halogens is 3. The van der Waals surface area contributed by atoms with Crippen LogP contribution in [0.25, 0.3) is 0 Å². The molecule has 2 N–H and O–H groups in total. The van der Waals surface area contributed by atoms with Crippen LogP contribution in [0.3, 0.4) is 0 Å². The third-order valence-corrected chi connectivity index (χ3v) is 6.56. The maximum atomic E-state index is 13.5. The lowest BCUT2D eigenvalue weighted by Gasteiger charge is -2.24. The van der Waals surface area contributed by atoms with Crippen LogP contribution in [-0.4, -0.2) is 40.7 Å². The van der Waals surface area contributed by atoms with Crippen molar-refractivity contribution in [3.05, 3.63) is 58.4 Å². The Morgan fingerprint density at radius 3 is 2.38 bits per heavy atom. The Labute approximate surface area is 196 Å². The molecule has 0 saturated heterocycles. The molecule has 34 heavy (non-hydrogen) atoms. The summed E-state index contributed by atoms with van der Waals surface area (Å²) in [6.07, 6.45) is 1.17. The van der Waals surface area contributed by atoms with Crippen molar-refractivity contribution in [3.8, 4) is 0 Å². The topological polar surface area (TPSA) is 85.4 Å². The van der Waals surface area contributed by atoms with Gasteiger partial charge in [0.1, 0.15) is 0 Å². The largest absolute Gasteiger partial charge is 0.416 e. The zero-order chi connectivity index (χ0) is 25.0. The van der Waals surface area contributed by atoms with Crippen molar-refractivity contribution < 1.29 is 27.6 Å². The molecular weight excluding hydrogens is 447 g/mol. The molecule has 0 aliphatic heterocycles. The molecule has 3 rings (SSSR count). The van der Waals surface area contributed by atoms with Crippen LogP contribution < -0.4 is 5.73 Å². The van der Waals surface area contributed by atoms with Crippen LogP contribution in [0, 0.1) is 12.8 Å². The molecule has 1 aromatic heterocycles. The highest BCUT2D eigenvalue weighted by Gasteiger charge is 2.33. The number of likely N-dealkylation sites (N-methyl/N-ethyl adjacent to an activating group) is 1. The number of carbonyl (C=O) groups excluding carboxylic acids is 3. The summed E-state index contributed by atoms with van der Waals surface area (Å²) in [5.41, 5.74) is 4.97. The van der Waals surface area contributed by atoms with Gasteiger partial charge in [-0.2, -0.15) is 13.2 Å². The molecule has 1 heterocycles. The second kappa shape index (κ2) is 10.4. The first-order chi connectivity index (χ1) is 16.0. The lowest BCUT2D eigenvalue weighted by atomic mass is 9.87. The van der Waals surface area contributed by atoms with E-state index in [9.17, 15) is 27.6 Å². The second-order valence-electron chi connectivity index (χ2n) is 9.02. The van der Waals surface area contributed by atoms with Gasteiger partial charge in [0.25, 0.3) is 5.91 Å². The molecule has 1 aromatic carbocycles. The maximum Gasteiger partial charge on any atom is 0.416 e. The van der Waals surface area contributed by atoms with Crippen LogP contribution in [0.1, 0.15) is 76.2 Å². The molecule has 1 fully saturated rings. The summed E-state index contributed by atoms with van der Waals surface area (Å²) >= 11 is 0. The number of hydrogen-bond donors (Lipinski definition) is 1. The van der Waals surface area contributed by atoms with Crippen molar-refractivity contribution in [2.24, 2.45) is 11.7 Å². The van der Waals surface area contributed by atoms with E-state index in [4.69, 9.17) is 5.73 Å².